The highest BCUT2D eigenvalue weighted by Gasteiger charge is 2.34. The second-order valence-electron chi connectivity index (χ2n) is 6.11. The maximum atomic E-state index is 12.7. The maximum Gasteiger partial charge on any atom is 0.338 e. The summed E-state index contributed by atoms with van der Waals surface area (Å²) in [5.41, 5.74) is 1.02. The molecule has 5 heteroatoms. The summed E-state index contributed by atoms with van der Waals surface area (Å²) in [6, 6.07) is 17.1. The number of carbonyl (C=O) groups excluding carboxylic acids is 2. The van der Waals surface area contributed by atoms with Gasteiger partial charge in [0.1, 0.15) is 6.61 Å². The van der Waals surface area contributed by atoms with Gasteiger partial charge in [-0.15, -0.1) is 0 Å². The van der Waals surface area contributed by atoms with Crippen molar-refractivity contribution >= 4 is 11.9 Å². The molecule has 0 spiro atoms. The van der Waals surface area contributed by atoms with Crippen molar-refractivity contribution < 1.29 is 19.4 Å². The van der Waals surface area contributed by atoms with E-state index in [1.807, 2.05) is 12.1 Å². The van der Waals surface area contributed by atoms with Gasteiger partial charge in [-0.2, -0.15) is 0 Å². The van der Waals surface area contributed by atoms with Crippen LogP contribution in [0.5, 0.6) is 0 Å². The zero-order valence-electron chi connectivity index (χ0n) is 13.9. The van der Waals surface area contributed by atoms with Gasteiger partial charge in [-0.3, -0.25) is 4.79 Å². The van der Waals surface area contributed by atoms with E-state index in [4.69, 9.17) is 4.74 Å². The first kappa shape index (κ1) is 17.2. The lowest BCUT2D eigenvalue weighted by atomic mass is 9.98. The number of rotatable bonds is 4. The molecular weight excluding hydrogens is 318 g/mol. The van der Waals surface area contributed by atoms with Gasteiger partial charge in [0.15, 0.2) is 0 Å². The molecule has 0 bridgehead atoms. The molecule has 1 saturated heterocycles. The predicted molar refractivity (Wildman–Crippen MR) is 93.2 cm³/mol. The fourth-order valence-electron chi connectivity index (χ4n) is 3.06. The van der Waals surface area contributed by atoms with Crippen LogP contribution in [0, 0.1) is 0 Å². The van der Waals surface area contributed by atoms with E-state index in [2.05, 4.69) is 0 Å². The quantitative estimate of drug-likeness (QED) is 0.869. The molecule has 0 unspecified atom stereocenters. The number of amides is 1. The third kappa shape index (κ3) is 4.06. The standard InChI is InChI=1S/C20H21NO4/c22-18-12-7-13-21(19(23)15-8-3-1-4-9-15)17(18)14-25-20(24)16-10-5-2-6-11-16/h1-6,8-11,17-18,22H,7,12-14H2/t17-,18+/m0/s1. The van der Waals surface area contributed by atoms with Gasteiger partial charge in [0, 0.05) is 12.1 Å². The van der Waals surface area contributed by atoms with Gasteiger partial charge in [-0.05, 0) is 37.1 Å². The van der Waals surface area contributed by atoms with Crippen molar-refractivity contribution in [3.63, 3.8) is 0 Å². The van der Waals surface area contributed by atoms with Crippen LogP contribution < -0.4 is 0 Å². The Morgan fingerprint density at radius 1 is 1.00 bits per heavy atom. The minimum absolute atomic E-state index is 0.0204. The largest absolute Gasteiger partial charge is 0.460 e. The van der Waals surface area contributed by atoms with Crippen molar-refractivity contribution in [3.05, 3.63) is 71.8 Å². The monoisotopic (exact) mass is 339 g/mol. The van der Waals surface area contributed by atoms with E-state index in [1.165, 1.54) is 0 Å². The number of aliphatic hydroxyl groups is 1. The third-order valence-corrected chi connectivity index (χ3v) is 4.42. The Bertz CT molecular complexity index is 717. The van der Waals surface area contributed by atoms with Crippen LogP contribution in [-0.4, -0.2) is 47.2 Å². The van der Waals surface area contributed by atoms with Crippen LogP contribution in [0.2, 0.25) is 0 Å². The van der Waals surface area contributed by atoms with Crippen molar-refractivity contribution in [3.8, 4) is 0 Å². The minimum Gasteiger partial charge on any atom is -0.460 e. The zero-order chi connectivity index (χ0) is 17.6. The first-order chi connectivity index (χ1) is 12.2. The Labute approximate surface area is 146 Å². The van der Waals surface area contributed by atoms with Crippen molar-refractivity contribution in [2.75, 3.05) is 13.2 Å². The van der Waals surface area contributed by atoms with E-state index < -0.39 is 18.1 Å². The third-order valence-electron chi connectivity index (χ3n) is 4.42. The number of piperidine rings is 1. The van der Waals surface area contributed by atoms with Crippen LogP contribution in [0.1, 0.15) is 33.6 Å². The average Bonchev–Trinajstić information content (AvgIpc) is 2.67. The summed E-state index contributed by atoms with van der Waals surface area (Å²) in [6.45, 7) is 0.520. The van der Waals surface area contributed by atoms with Crippen LogP contribution in [0.3, 0.4) is 0 Å². The Balaban J connectivity index is 1.70. The highest BCUT2D eigenvalue weighted by atomic mass is 16.5. The molecule has 1 aliphatic rings. The van der Waals surface area contributed by atoms with E-state index in [0.717, 1.165) is 6.42 Å². The van der Waals surface area contributed by atoms with Crippen molar-refractivity contribution in [1.82, 2.24) is 4.90 Å². The Kier molecular flexibility index (Phi) is 5.46. The summed E-state index contributed by atoms with van der Waals surface area (Å²) in [5, 5.41) is 10.3. The average molecular weight is 339 g/mol. The van der Waals surface area contributed by atoms with Crippen LogP contribution in [0.4, 0.5) is 0 Å². The molecule has 1 amide bonds. The number of ether oxygens (including phenoxy) is 1. The Hall–Kier alpha value is -2.66. The van der Waals surface area contributed by atoms with Gasteiger partial charge < -0.3 is 14.7 Å². The number of aliphatic hydroxyl groups excluding tert-OH is 1. The van der Waals surface area contributed by atoms with Gasteiger partial charge in [0.25, 0.3) is 5.91 Å². The number of hydrogen-bond acceptors (Lipinski definition) is 4. The first-order valence-electron chi connectivity index (χ1n) is 8.43. The number of carbonyl (C=O) groups is 2. The lowest BCUT2D eigenvalue weighted by Crippen LogP contribution is -2.53. The van der Waals surface area contributed by atoms with Crippen molar-refractivity contribution in [2.24, 2.45) is 0 Å². The molecular formula is C20H21NO4. The summed E-state index contributed by atoms with van der Waals surface area (Å²) >= 11 is 0. The van der Waals surface area contributed by atoms with Crippen LogP contribution in [-0.2, 0) is 4.74 Å². The molecule has 0 aliphatic carbocycles. The van der Waals surface area contributed by atoms with E-state index in [0.29, 0.717) is 24.1 Å². The molecule has 2 aromatic carbocycles. The maximum absolute atomic E-state index is 12.7. The fourth-order valence-corrected chi connectivity index (χ4v) is 3.06. The Morgan fingerprint density at radius 3 is 2.24 bits per heavy atom. The van der Waals surface area contributed by atoms with Crippen LogP contribution >= 0.6 is 0 Å². The van der Waals surface area contributed by atoms with Gasteiger partial charge >= 0.3 is 5.97 Å². The van der Waals surface area contributed by atoms with Crippen LogP contribution in [0.25, 0.3) is 0 Å². The summed E-state index contributed by atoms with van der Waals surface area (Å²) in [7, 11) is 0. The molecule has 1 N–H and O–H groups in total. The number of benzene rings is 2. The predicted octanol–water partition coefficient (Wildman–Crippen LogP) is 2.51. The molecule has 2 atom stereocenters. The molecule has 5 nitrogen and oxygen atoms in total. The second-order valence-corrected chi connectivity index (χ2v) is 6.11. The molecule has 1 aliphatic heterocycles. The van der Waals surface area contributed by atoms with E-state index in [1.54, 1.807) is 53.4 Å². The molecule has 1 fully saturated rings. The van der Waals surface area contributed by atoms with E-state index in [9.17, 15) is 14.7 Å². The smallest absolute Gasteiger partial charge is 0.338 e. The molecule has 25 heavy (non-hydrogen) atoms. The Morgan fingerprint density at radius 2 is 1.60 bits per heavy atom. The highest BCUT2D eigenvalue weighted by molar-refractivity contribution is 5.94. The van der Waals surface area contributed by atoms with Crippen LogP contribution in [0.15, 0.2) is 60.7 Å². The highest BCUT2D eigenvalue weighted by Crippen LogP contribution is 2.21. The van der Waals surface area contributed by atoms with Gasteiger partial charge in [-0.25, -0.2) is 4.79 Å². The minimum atomic E-state index is -0.704. The number of hydrogen-bond donors (Lipinski definition) is 1. The zero-order valence-corrected chi connectivity index (χ0v) is 13.9. The number of esters is 1. The van der Waals surface area contributed by atoms with Crippen molar-refractivity contribution in [1.29, 1.82) is 0 Å². The van der Waals surface area contributed by atoms with Gasteiger partial charge in [-0.1, -0.05) is 36.4 Å². The topological polar surface area (TPSA) is 66.8 Å². The number of nitrogens with zero attached hydrogens (tertiary/aromatic N) is 1. The molecule has 3 rings (SSSR count). The van der Waals surface area contributed by atoms with E-state index in [-0.39, 0.29) is 12.5 Å². The number of likely N-dealkylation sites (tertiary alicyclic amines) is 1. The SMILES string of the molecule is O=C(OC[C@H]1[C@H](O)CCCN1C(=O)c1ccccc1)c1ccccc1. The molecule has 0 aromatic heterocycles. The van der Waals surface area contributed by atoms with E-state index >= 15 is 0 Å². The van der Waals surface area contributed by atoms with Crippen molar-refractivity contribution in [2.45, 2.75) is 25.0 Å². The lowest BCUT2D eigenvalue weighted by molar-refractivity contribution is -0.0196. The summed E-state index contributed by atoms with van der Waals surface area (Å²) in [5.74, 6) is -0.606. The van der Waals surface area contributed by atoms with Gasteiger partial charge in [0.2, 0.25) is 0 Å². The molecule has 1 heterocycles. The molecule has 2 aromatic rings. The van der Waals surface area contributed by atoms with Gasteiger partial charge in [0.05, 0.1) is 17.7 Å². The normalized spacial score (nSPS) is 20.1. The molecule has 0 saturated carbocycles. The first-order valence-corrected chi connectivity index (χ1v) is 8.43. The second kappa shape index (κ2) is 7.94. The fraction of sp³-hybridized carbons (Fsp3) is 0.300. The summed E-state index contributed by atoms with van der Waals surface area (Å²) in [6.07, 6.45) is 0.611. The lowest BCUT2D eigenvalue weighted by Gasteiger charge is -2.38. The molecule has 130 valence electrons. The molecule has 0 radical (unpaired) electrons. The summed E-state index contributed by atoms with van der Waals surface area (Å²) < 4.78 is 5.36. The summed E-state index contributed by atoms with van der Waals surface area (Å²) in [4.78, 5) is 26.5.